The summed E-state index contributed by atoms with van der Waals surface area (Å²) in [7, 11) is 0. The van der Waals surface area contributed by atoms with Gasteiger partial charge in [-0.3, -0.25) is 14.5 Å². The standard InChI is InChI=1S/C19H13ClFNO4/c20-15-6-3-7-16(21)14(15)8-9-17(23)26-11-10-22-18(24)12-4-1-2-5-13(12)19(22)25/h1-9H,10-11H2/b9-8+. The summed E-state index contributed by atoms with van der Waals surface area (Å²) in [6.45, 7) is -0.230. The molecule has 2 aromatic carbocycles. The number of carbonyl (C=O) groups excluding carboxylic acids is 3. The molecule has 0 radical (unpaired) electrons. The molecule has 26 heavy (non-hydrogen) atoms. The van der Waals surface area contributed by atoms with E-state index < -0.39 is 23.6 Å². The van der Waals surface area contributed by atoms with Crippen LogP contribution in [0.15, 0.2) is 48.5 Å². The van der Waals surface area contributed by atoms with Gasteiger partial charge in [-0.1, -0.05) is 29.8 Å². The highest BCUT2D eigenvalue weighted by Gasteiger charge is 2.34. The highest BCUT2D eigenvalue weighted by Crippen LogP contribution is 2.22. The molecule has 0 unspecified atom stereocenters. The fraction of sp³-hybridized carbons (Fsp3) is 0.105. The van der Waals surface area contributed by atoms with Crippen LogP contribution >= 0.6 is 11.6 Å². The number of fused-ring (bicyclic) bond motifs is 1. The summed E-state index contributed by atoms with van der Waals surface area (Å²) in [6, 6.07) is 10.7. The molecule has 5 nitrogen and oxygen atoms in total. The van der Waals surface area contributed by atoms with Crippen molar-refractivity contribution in [1.29, 1.82) is 0 Å². The molecule has 0 aromatic heterocycles. The largest absolute Gasteiger partial charge is 0.461 e. The van der Waals surface area contributed by atoms with Crippen LogP contribution in [-0.2, 0) is 9.53 Å². The van der Waals surface area contributed by atoms with E-state index in [2.05, 4.69) is 0 Å². The number of ether oxygens (including phenoxy) is 1. The molecule has 0 atom stereocenters. The lowest BCUT2D eigenvalue weighted by Crippen LogP contribution is -2.33. The molecule has 0 N–H and O–H groups in total. The normalized spacial score (nSPS) is 13.4. The highest BCUT2D eigenvalue weighted by molar-refractivity contribution is 6.32. The van der Waals surface area contributed by atoms with Gasteiger partial charge in [-0.2, -0.15) is 0 Å². The molecule has 1 aliphatic heterocycles. The maximum atomic E-state index is 13.6. The molecule has 0 aliphatic carbocycles. The molecule has 1 aliphatic rings. The second-order valence-electron chi connectivity index (χ2n) is 5.44. The molecule has 2 aromatic rings. The minimum absolute atomic E-state index is 0.0631. The Morgan fingerprint density at radius 2 is 1.73 bits per heavy atom. The van der Waals surface area contributed by atoms with Crippen LogP contribution in [0.5, 0.6) is 0 Å². The van der Waals surface area contributed by atoms with Crippen LogP contribution in [0.25, 0.3) is 6.08 Å². The second kappa shape index (κ2) is 7.49. The summed E-state index contributed by atoms with van der Waals surface area (Å²) in [4.78, 5) is 37.1. The summed E-state index contributed by atoms with van der Waals surface area (Å²) < 4.78 is 18.6. The molecule has 0 spiro atoms. The molecular formula is C19H13ClFNO4. The Hall–Kier alpha value is -2.99. The molecule has 0 bridgehead atoms. The summed E-state index contributed by atoms with van der Waals surface area (Å²) in [6.07, 6.45) is 2.24. The number of esters is 1. The third-order valence-corrected chi connectivity index (χ3v) is 4.15. The van der Waals surface area contributed by atoms with Crippen LogP contribution in [0.3, 0.4) is 0 Å². The number of carbonyl (C=O) groups is 3. The van der Waals surface area contributed by atoms with Crippen molar-refractivity contribution in [2.24, 2.45) is 0 Å². The van der Waals surface area contributed by atoms with Crippen molar-refractivity contribution in [3.63, 3.8) is 0 Å². The molecule has 2 amide bonds. The van der Waals surface area contributed by atoms with Crippen LogP contribution in [0.2, 0.25) is 5.02 Å². The molecule has 0 fully saturated rings. The van der Waals surface area contributed by atoms with Crippen molar-refractivity contribution in [2.45, 2.75) is 0 Å². The zero-order valence-electron chi connectivity index (χ0n) is 13.4. The van der Waals surface area contributed by atoms with Crippen LogP contribution in [0, 0.1) is 5.82 Å². The van der Waals surface area contributed by atoms with Gasteiger partial charge in [0.1, 0.15) is 12.4 Å². The van der Waals surface area contributed by atoms with Crippen molar-refractivity contribution in [1.82, 2.24) is 4.90 Å². The van der Waals surface area contributed by atoms with E-state index in [1.165, 1.54) is 24.3 Å². The Morgan fingerprint density at radius 3 is 2.35 bits per heavy atom. The summed E-state index contributed by atoms with van der Waals surface area (Å²) >= 11 is 5.85. The predicted molar refractivity (Wildman–Crippen MR) is 93.2 cm³/mol. The average molecular weight is 374 g/mol. The van der Waals surface area contributed by atoms with Gasteiger partial charge in [0, 0.05) is 11.6 Å². The molecule has 7 heteroatoms. The van der Waals surface area contributed by atoms with Crippen molar-refractivity contribution in [2.75, 3.05) is 13.2 Å². The van der Waals surface area contributed by atoms with Gasteiger partial charge in [0.05, 0.1) is 22.7 Å². The first-order chi connectivity index (χ1) is 12.5. The first-order valence-electron chi connectivity index (χ1n) is 7.73. The van der Waals surface area contributed by atoms with Gasteiger partial charge < -0.3 is 4.74 Å². The lowest BCUT2D eigenvalue weighted by atomic mass is 10.1. The van der Waals surface area contributed by atoms with Gasteiger partial charge in [-0.15, -0.1) is 0 Å². The SMILES string of the molecule is O=C(/C=C/c1c(F)cccc1Cl)OCCN1C(=O)c2ccccc2C1=O. The van der Waals surface area contributed by atoms with Gasteiger partial charge >= 0.3 is 5.97 Å². The Bertz CT molecular complexity index is 870. The van der Waals surface area contributed by atoms with Gasteiger partial charge in [0.2, 0.25) is 0 Å². The van der Waals surface area contributed by atoms with Crippen molar-refractivity contribution < 1.29 is 23.5 Å². The third kappa shape index (κ3) is 3.50. The van der Waals surface area contributed by atoms with E-state index in [1.54, 1.807) is 24.3 Å². The third-order valence-electron chi connectivity index (χ3n) is 3.82. The minimum atomic E-state index is -0.735. The van der Waals surface area contributed by atoms with Crippen molar-refractivity contribution in [3.05, 3.63) is 76.1 Å². The van der Waals surface area contributed by atoms with Gasteiger partial charge in [0.15, 0.2) is 0 Å². The fourth-order valence-electron chi connectivity index (χ4n) is 2.55. The van der Waals surface area contributed by atoms with Crippen LogP contribution in [-0.4, -0.2) is 35.8 Å². The Labute approximate surface area is 153 Å². The molecular weight excluding hydrogens is 361 g/mol. The predicted octanol–water partition coefficient (Wildman–Crippen LogP) is 3.33. The zero-order chi connectivity index (χ0) is 18.7. The number of benzene rings is 2. The van der Waals surface area contributed by atoms with Gasteiger partial charge in [0.25, 0.3) is 11.8 Å². The van der Waals surface area contributed by atoms with E-state index in [4.69, 9.17) is 16.3 Å². The smallest absolute Gasteiger partial charge is 0.330 e. The van der Waals surface area contributed by atoms with Crippen molar-refractivity contribution in [3.8, 4) is 0 Å². The van der Waals surface area contributed by atoms with E-state index in [0.29, 0.717) is 11.1 Å². The van der Waals surface area contributed by atoms with Crippen LogP contribution in [0.1, 0.15) is 26.3 Å². The Morgan fingerprint density at radius 1 is 1.08 bits per heavy atom. The van der Waals surface area contributed by atoms with E-state index in [9.17, 15) is 18.8 Å². The van der Waals surface area contributed by atoms with Crippen LogP contribution in [0.4, 0.5) is 4.39 Å². The maximum Gasteiger partial charge on any atom is 0.330 e. The van der Waals surface area contributed by atoms with Gasteiger partial charge in [-0.05, 0) is 30.3 Å². The quantitative estimate of drug-likeness (QED) is 0.458. The highest BCUT2D eigenvalue weighted by atomic mass is 35.5. The number of imide groups is 1. The Kier molecular flexibility index (Phi) is 5.14. The van der Waals surface area contributed by atoms with Gasteiger partial charge in [-0.25, -0.2) is 9.18 Å². The second-order valence-corrected chi connectivity index (χ2v) is 5.85. The number of halogens is 2. The lowest BCUT2D eigenvalue weighted by Gasteiger charge is -2.13. The monoisotopic (exact) mass is 373 g/mol. The molecule has 0 saturated carbocycles. The minimum Gasteiger partial charge on any atom is -0.461 e. The Balaban J connectivity index is 1.56. The van der Waals surface area contributed by atoms with E-state index in [1.807, 2.05) is 0 Å². The number of hydrogen-bond acceptors (Lipinski definition) is 4. The number of rotatable bonds is 5. The number of hydrogen-bond donors (Lipinski definition) is 0. The summed E-state index contributed by atoms with van der Waals surface area (Å²) in [5.41, 5.74) is 0.738. The van der Waals surface area contributed by atoms with E-state index in [-0.39, 0.29) is 23.7 Å². The van der Waals surface area contributed by atoms with E-state index >= 15 is 0 Å². The number of nitrogens with zero attached hydrogens (tertiary/aromatic N) is 1. The summed E-state index contributed by atoms with van der Waals surface area (Å²) in [5, 5.41) is 0.167. The van der Waals surface area contributed by atoms with Crippen molar-refractivity contribution >= 4 is 35.5 Å². The lowest BCUT2D eigenvalue weighted by molar-refractivity contribution is -0.137. The first-order valence-corrected chi connectivity index (χ1v) is 8.11. The summed E-state index contributed by atoms with van der Waals surface area (Å²) in [5.74, 6) is -2.14. The topological polar surface area (TPSA) is 63.7 Å². The first kappa shape index (κ1) is 17.8. The van der Waals surface area contributed by atoms with Crippen LogP contribution < -0.4 is 0 Å². The van der Waals surface area contributed by atoms with E-state index in [0.717, 1.165) is 11.0 Å². The maximum absolute atomic E-state index is 13.6. The molecule has 0 saturated heterocycles. The zero-order valence-corrected chi connectivity index (χ0v) is 14.2. The molecule has 3 rings (SSSR count). The average Bonchev–Trinajstić information content (AvgIpc) is 2.86. The molecule has 132 valence electrons. The fourth-order valence-corrected chi connectivity index (χ4v) is 2.78. The number of amides is 2. The molecule has 1 heterocycles.